The van der Waals surface area contributed by atoms with Crippen LogP contribution >= 0.6 is 15.9 Å². The maximum Gasteiger partial charge on any atom is 0.274 e. The quantitative estimate of drug-likeness (QED) is 0.155. The first-order valence-electron chi connectivity index (χ1n) is 13.6. The van der Waals surface area contributed by atoms with Gasteiger partial charge < -0.3 is 19.5 Å². The molecular weight excluding hydrogens is 610 g/mol. The number of carbonyl (C=O) groups excluding carboxylic acids is 1. The minimum Gasteiger partial charge on any atom is -0.361 e. The van der Waals surface area contributed by atoms with Gasteiger partial charge in [0.25, 0.3) is 11.8 Å². The average molecular weight is 644 g/mol. The molecule has 216 valence electrons. The van der Waals surface area contributed by atoms with Gasteiger partial charge in [-0.3, -0.25) is 9.78 Å². The van der Waals surface area contributed by atoms with Gasteiger partial charge in [-0.2, -0.15) is 0 Å². The number of hydrogen-bond donors (Lipinski definition) is 1. The van der Waals surface area contributed by atoms with E-state index in [9.17, 15) is 13.6 Å². The topological polar surface area (TPSA) is 85.2 Å². The molecule has 0 bridgehead atoms. The Morgan fingerprint density at radius 2 is 1.80 bits per heavy atom. The number of halogens is 3. The first kappa shape index (κ1) is 29.3. The minimum atomic E-state index is -2.64. The molecule has 0 spiro atoms. The van der Waals surface area contributed by atoms with Crippen molar-refractivity contribution in [2.75, 3.05) is 29.9 Å². The van der Waals surface area contributed by atoms with Crippen LogP contribution in [0, 0.1) is 0 Å². The SMILES string of the molecule is C[Si](C)(C)CCOCn1c(-c2ccc(NC(=O)c3cc(Br)ccn3)cc2)cc2c(N3CCC(F)(F)CC3)ncnc21. The predicted octanol–water partition coefficient (Wildman–Crippen LogP) is 7.06. The van der Waals surface area contributed by atoms with Gasteiger partial charge in [-0.25, -0.2) is 18.7 Å². The van der Waals surface area contributed by atoms with Gasteiger partial charge in [0.15, 0.2) is 0 Å². The molecule has 0 atom stereocenters. The van der Waals surface area contributed by atoms with E-state index in [-0.39, 0.29) is 31.8 Å². The number of aromatic nitrogens is 4. The van der Waals surface area contributed by atoms with Crippen molar-refractivity contribution in [3.63, 3.8) is 0 Å². The second-order valence-electron chi connectivity index (χ2n) is 11.5. The van der Waals surface area contributed by atoms with Crippen LogP contribution in [0.2, 0.25) is 25.7 Å². The van der Waals surface area contributed by atoms with E-state index in [1.165, 1.54) is 6.33 Å². The van der Waals surface area contributed by atoms with Crippen LogP contribution in [0.15, 0.2) is 59.5 Å². The van der Waals surface area contributed by atoms with E-state index in [0.717, 1.165) is 27.2 Å². The number of nitrogens with zero attached hydrogens (tertiary/aromatic N) is 5. The molecular formula is C29H33BrF2N6O2Si. The molecule has 1 N–H and O–H groups in total. The fourth-order valence-corrected chi connectivity index (χ4v) is 5.79. The fraction of sp³-hybridized carbons (Fsp3) is 0.379. The Hall–Kier alpha value is -3.22. The van der Waals surface area contributed by atoms with Crippen molar-refractivity contribution in [3.05, 3.63) is 65.2 Å². The first-order chi connectivity index (χ1) is 19.5. The van der Waals surface area contributed by atoms with Crippen LogP contribution in [0.25, 0.3) is 22.3 Å². The molecule has 4 aromatic rings. The summed E-state index contributed by atoms with van der Waals surface area (Å²) < 4.78 is 36.6. The summed E-state index contributed by atoms with van der Waals surface area (Å²) in [5, 5.41) is 3.67. The molecule has 0 radical (unpaired) electrons. The van der Waals surface area contributed by atoms with E-state index in [2.05, 4.69) is 55.8 Å². The van der Waals surface area contributed by atoms with Crippen LogP contribution in [-0.4, -0.2) is 59.1 Å². The van der Waals surface area contributed by atoms with Gasteiger partial charge in [-0.1, -0.05) is 47.7 Å². The normalized spacial score (nSPS) is 15.3. The van der Waals surface area contributed by atoms with Crippen molar-refractivity contribution in [3.8, 4) is 11.3 Å². The molecule has 1 aliphatic rings. The monoisotopic (exact) mass is 642 g/mol. The molecule has 1 saturated heterocycles. The van der Waals surface area contributed by atoms with Crippen molar-refractivity contribution in [2.45, 2.75) is 51.2 Å². The van der Waals surface area contributed by atoms with Crippen LogP contribution in [-0.2, 0) is 11.5 Å². The Morgan fingerprint density at radius 1 is 1.07 bits per heavy atom. The van der Waals surface area contributed by atoms with E-state index >= 15 is 0 Å². The van der Waals surface area contributed by atoms with Crippen LogP contribution in [0.3, 0.4) is 0 Å². The van der Waals surface area contributed by atoms with Gasteiger partial charge in [-0.05, 0) is 41.9 Å². The Morgan fingerprint density at radius 3 is 2.49 bits per heavy atom. The minimum absolute atomic E-state index is 0.200. The summed E-state index contributed by atoms with van der Waals surface area (Å²) in [7, 11) is -1.27. The Kier molecular flexibility index (Phi) is 8.53. The number of fused-ring (bicyclic) bond motifs is 1. The maximum absolute atomic E-state index is 13.9. The number of hydrogen-bond acceptors (Lipinski definition) is 6. The van der Waals surface area contributed by atoms with E-state index in [0.29, 0.717) is 36.2 Å². The van der Waals surface area contributed by atoms with Crippen molar-refractivity contribution in [1.29, 1.82) is 0 Å². The molecule has 8 nitrogen and oxygen atoms in total. The highest BCUT2D eigenvalue weighted by Gasteiger charge is 2.35. The first-order valence-corrected chi connectivity index (χ1v) is 18.1. The number of rotatable bonds is 9. The third-order valence-electron chi connectivity index (χ3n) is 7.07. The highest BCUT2D eigenvalue weighted by atomic mass is 79.9. The van der Waals surface area contributed by atoms with Gasteiger partial charge in [0.05, 0.1) is 11.1 Å². The summed E-state index contributed by atoms with van der Waals surface area (Å²) in [4.78, 5) is 27.8. The number of pyridine rings is 1. The Labute approximate surface area is 247 Å². The summed E-state index contributed by atoms with van der Waals surface area (Å²) in [5.74, 6) is -2.30. The standard InChI is InChI=1S/C29H33BrF2N6O2Si/c1-41(2,3)15-14-40-19-38-25(17-23-26(34-18-35-27(23)38)37-12-9-29(31,32)10-13-37)20-4-6-22(7-5-20)36-28(39)24-16-21(30)8-11-33-24/h4-8,11,16-18H,9-10,12-15,19H2,1-3H3,(H,36,39). The zero-order valence-electron chi connectivity index (χ0n) is 23.3. The molecule has 3 aromatic heterocycles. The number of alkyl halides is 2. The van der Waals surface area contributed by atoms with E-state index in [4.69, 9.17) is 4.74 Å². The highest BCUT2D eigenvalue weighted by molar-refractivity contribution is 9.10. The third-order valence-corrected chi connectivity index (χ3v) is 9.27. The lowest BCUT2D eigenvalue weighted by Gasteiger charge is -2.32. The summed E-state index contributed by atoms with van der Waals surface area (Å²) in [6.07, 6.45) is 2.66. The fourth-order valence-electron chi connectivity index (χ4n) is 4.70. The molecule has 0 aliphatic carbocycles. The van der Waals surface area contributed by atoms with Crippen LogP contribution < -0.4 is 10.2 Å². The summed E-state index contributed by atoms with van der Waals surface area (Å²) >= 11 is 3.36. The van der Waals surface area contributed by atoms with Gasteiger partial charge in [0.1, 0.15) is 30.2 Å². The average Bonchev–Trinajstić information content (AvgIpc) is 3.30. The molecule has 41 heavy (non-hydrogen) atoms. The van der Waals surface area contributed by atoms with E-state index < -0.39 is 14.0 Å². The molecule has 1 amide bonds. The number of benzene rings is 1. The van der Waals surface area contributed by atoms with E-state index in [1.54, 1.807) is 18.3 Å². The van der Waals surface area contributed by atoms with Crippen molar-refractivity contribution in [2.24, 2.45) is 0 Å². The smallest absolute Gasteiger partial charge is 0.274 e. The van der Waals surface area contributed by atoms with Crippen molar-refractivity contribution in [1.82, 2.24) is 19.5 Å². The number of piperidine rings is 1. The lowest BCUT2D eigenvalue weighted by Crippen LogP contribution is -2.39. The number of ether oxygens (including phenoxy) is 1. The number of anilines is 2. The van der Waals surface area contributed by atoms with Gasteiger partial charge >= 0.3 is 0 Å². The number of amides is 1. The largest absolute Gasteiger partial charge is 0.361 e. The Bertz CT molecular complexity index is 1530. The summed E-state index contributed by atoms with van der Waals surface area (Å²) in [6, 6.07) is 14.0. The Balaban J connectivity index is 1.44. The molecule has 5 rings (SSSR count). The predicted molar refractivity (Wildman–Crippen MR) is 163 cm³/mol. The third kappa shape index (κ3) is 7.17. The van der Waals surface area contributed by atoms with E-state index in [1.807, 2.05) is 39.8 Å². The van der Waals surface area contributed by atoms with Crippen molar-refractivity contribution >= 4 is 52.4 Å². The van der Waals surface area contributed by atoms with Crippen LogP contribution in [0.5, 0.6) is 0 Å². The lowest BCUT2D eigenvalue weighted by molar-refractivity contribution is -0.0221. The van der Waals surface area contributed by atoms with Gasteiger partial charge in [-0.15, -0.1) is 0 Å². The molecule has 0 saturated carbocycles. The van der Waals surface area contributed by atoms with Crippen LogP contribution in [0.1, 0.15) is 23.3 Å². The summed E-state index contributed by atoms with van der Waals surface area (Å²) in [6.45, 7) is 8.32. The molecule has 12 heteroatoms. The highest BCUT2D eigenvalue weighted by Crippen LogP contribution is 2.36. The number of carbonyl (C=O) groups is 1. The zero-order valence-corrected chi connectivity index (χ0v) is 25.9. The van der Waals surface area contributed by atoms with Crippen LogP contribution in [0.4, 0.5) is 20.3 Å². The molecule has 1 fully saturated rings. The van der Waals surface area contributed by atoms with Gasteiger partial charge in [0.2, 0.25) is 0 Å². The lowest BCUT2D eigenvalue weighted by atomic mass is 10.1. The summed E-state index contributed by atoms with van der Waals surface area (Å²) in [5.41, 5.74) is 3.38. The molecule has 1 aliphatic heterocycles. The maximum atomic E-state index is 13.9. The zero-order chi connectivity index (χ0) is 29.2. The van der Waals surface area contributed by atoms with Gasteiger partial charge in [0, 0.05) is 57.0 Å². The molecule has 1 aromatic carbocycles. The van der Waals surface area contributed by atoms with Crippen molar-refractivity contribution < 1.29 is 18.3 Å². The second-order valence-corrected chi connectivity index (χ2v) is 18.0. The second kappa shape index (κ2) is 11.9. The molecule has 0 unspecified atom stereocenters. The number of nitrogens with one attached hydrogen (secondary N) is 1. The molecule has 4 heterocycles.